The van der Waals surface area contributed by atoms with Gasteiger partial charge in [0.2, 0.25) is 0 Å². The van der Waals surface area contributed by atoms with Crippen LogP contribution in [-0.4, -0.2) is 17.7 Å². The van der Waals surface area contributed by atoms with Gasteiger partial charge in [-0.1, -0.05) is 90.3 Å². The van der Waals surface area contributed by atoms with Crippen LogP contribution < -0.4 is 4.74 Å². The second kappa shape index (κ2) is 9.08. The van der Waals surface area contributed by atoms with Gasteiger partial charge in [0, 0.05) is 36.0 Å². The number of para-hydroxylation sites is 1. The second-order valence-electron chi connectivity index (χ2n) is 8.97. The Balaban J connectivity index is 1.62. The highest BCUT2D eigenvalue weighted by Crippen LogP contribution is 2.78. The molecule has 0 aromatic heterocycles. The number of benzene rings is 3. The Morgan fingerprint density at radius 3 is 2.03 bits per heavy atom. The predicted octanol–water partition coefficient (Wildman–Crippen LogP) is 7.43. The van der Waals surface area contributed by atoms with Crippen molar-refractivity contribution >= 4 is 71.3 Å². The van der Waals surface area contributed by atoms with Crippen molar-refractivity contribution in [3.63, 3.8) is 0 Å². The normalized spacial score (nSPS) is 24.6. The van der Waals surface area contributed by atoms with Gasteiger partial charge in [-0.25, -0.2) is 0 Å². The van der Waals surface area contributed by atoms with Crippen molar-refractivity contribution in [3.8, 4) is 5.75 Å². The molecule has 0 saturated heterocycles. The van der Waals surface area contributed by atoms with E-state index >= 15 is 0 Å². The number of rotatable bonds is 5. The highest BCUT2D eigenvalue weighted by Gasteiger charge is 2.89. The smallest absolute Gasteiger partial charge is 0.330 e. The largest absolute Gasteiger partial charge is 0.425 e. The molecule has 3 aromatic carbocycles. The Morgan fingerprint density at radius 1 is 0.889 bits per heavy atom. The fraction of sp³-hybridized carbons (Fsp3) is 0.179. The van der Waals surface area contributed by atoms with Gasteiger partial charge >= 0.3 is 11.9 Å². The minimum Gasteiger partial charge on any atom is -0.425 e. The van der Waals surface area contributed by atoms with Crippen molar-refractivity contribution in [1.82, 2.24) is 0 Å². The molecule has 1 aliphatic carbocycles. The Hall–Kier alpha value is -2.55. The summed E-state index contributed by atoms with van der Waals surface area (Å²) < 4.78 is 13.8. The summed E-state index contributed by atoms with van der Waals surface area (Å²) >= 11 is 10.2. The van der Waals surface area contributed by atoms with E-state index in [9.17, 15) is 14.4 Å². The third-order valence-corrected chi connectivity index (χ3v) is 8.43. The number of hydrogen-bond acceptors (Lipinski definition) is 5. The maximum Gasteiger partial charge on any atom is 0.330 e. The number of ether oxygens (including phenoxy) is 2. The molecule has 1 heterocycles. The molecule has 1 saturated carbocycles. The Kier molecular flexibility index (Phi) is 6.34. The fourth-order valence-corrected chi connectivity index (χ4v) is 6.05. The van der Waals surface area contributed by atoms with Gasteiger partial charge in [-0.2, -0.15) is 0 Å². The van der Waals surface area contributed by atoms with Crippen LogP contribution in [0.25, 0.3) is 5.76 Å². The third kappa shape index (κ3) is 3.64. The number of fused-ring (bicyclic) bond motifs is 3. The highest BCUT2D eigenvalue weighted by molar-refractivity contribution is 9.11. The first-order chi connectivity index (χ1) is 17.1. The first kappa shape index (κ1) is 25.1. The standard InChI is InChI=1S/C28H19Br3O5/c1-15(29)22(16-7-11-18(30)12-8-16)36-26(34)28-23(20-5-3-4-6-21(20)35-25(28)33)27(28,2)24(32)17-9-13-19(31)14-10-17/h3-14,23H,1-2H3/b22-15+/t23-,27-,28+/m0/s1. The van der Waals surface area contributed by atoms with Crippen LogP contribution in [0.1, 0.15) is 41.3 Å². The number of esters is 2. The lowest BCUT2D eigenvalue weighted by Crippen LogP contribution is -2.40. The van der Waals surface area contributed by atoms with Crippen LogP contribution in [-0.2, 0) is 14.3 Å². The van der Waals surface area contributed by atoms with Crippen molar-refractivity contribution in [3.05, 3.63) is 103 Å². The molecule has 3 atom stereocenters. The number of allylic oxidation sites excluding steroid dienone is 1. The minimum atomic E-state index is -1.82. The topological polar surface area (TPSA) is 69.7 Å². The zero-order chi connectivity index (χ0) is 25.8. The molecule has 5 nitrogen and oxygen atoms in total. The van der Waals surface area contributed by atoms with Gasteiger partial charge < -0.3 is 9.47 Å². The molecular formula is C28H19Br3O5. The van der Waals surface area contributed by atoms with E-state index in [1.807, 2.05) is 12.1 Å². The number of halogens is 3. The van der Waals surface area contributed by atoms with Crippen molar-refractivity contribution < 1.29 is 23.9 Å². The number of Topliss-reactive ketones (excluding diaryl/α,β-unsaturated/α-hetero) is 1. The molecule has 0 N–H and O–H groups in total. The molecule has 3 aromatic rings. The van der Waals surface area contributed by atoms with E-state index in [2.05, 4.69) is 47.8 Å². The van der Waals surface area contributed by atoms with Crippen LogP contribution in [0.2, 0.25) is 0 Å². The zero-order valence-electron chi connectivity index (χ0n) is 19.2. The highest BCUT2D eigenvalue weighted by atomic mass is 79.9. The molecule has 5 rings (SSSR count). The molecule has 0 unspecified atom stereocenters. The summed E-state index contributed by atoms with van der Waals surface area (Å²) in [5.41, 5.74) is -1.55. The van der Waals surface area contributed by atoms with Gasteiger partial charge in [-0.3, -0.25) is 14.4 Å². The van der Waals surface area contributed by atoms with E-state index in [1.54, 1.807) is 74.5 Å². The molecule has 0 bridgehead atoms. The maximum absolute atomic E-state index is 14.0. The summed E-state index contributed by atoms with van der Waals surface area (Å²) in [6, 6.07) is 21.1. The van der Waals surface area contributed by atoms with E-state index in [0.717, 1.165) is 8.95 Å². The monoisotopic (exact) mass is 672 g/mol. The zero-order valence-corrected chi connectivity index (χ0v) is 23.9. The molecule has 0 radical (unpaired) electrons. The van der Waals surface area contributed by atoms with E-state index in [4.69, 9.17) is 9.47 Å². The van der Waals surface area contributed by atoms with Crippen LogP contribution in [0.3, 0.4) is 0 Å². The van der Waals surface area contributed by atoms with Gasteiger partial charge in [-0.15, -0.1) is 0 Å². The average Bonchev–Trinajstić information content (AvgIpc) is 3.46. The number of carbonyl (C=O) groups excluding carboxylic acids is 3. The van der Waals surface area contributed by atoms with Gasteiger partial charge in [0.25, 0.3) is 0 Å². The first-order valence-corrected chi connectivity index (χ1v) is 13.5. The van der Waals surface area contributed by atoms with E-state index in [-0.39, 0.29) is 11.5 Å². The van der Waals surface area contributed by atoms with Gasteiger partial charge in [0.1, 0.15) is 11.5 Å². The molecular weight excluding hydrogens is 656 g/mol. The lowest BCUT2D eigenvalue weighted by atomic mass is 9.87. The number of hydrogen-bond donors (Lipinski definition) is 0. The predicted molar refractivity (Wildman–Crippen MR) is 146 cm³/mol. The first-order valence-electron chi connectivity index (χ1n) is 11.1. The third-order valence-electron chi connectivity index (χ3n) is 7.01. The average molecular weight is 675 g/mol. The van der Waals surface area contributed by atoms with Crippen molar-refractivity contribution in [2.45, 2.75) is 19.8 Å². The SMILES string of the molecule is C/C(Br)=C(\OC(=O)[C@]12C(=O)Oc3ccccc3[C@H]1[C@@]2(C)C(=O)c1ccc(Br)cc1)c1ccc(Br)cc1. The maximum atomic E-state index is 14.0. The molecule has 0 amide bonds. The van der Waals surface area contributed by atoms with Gasteiger partial charge in [0.15, 0.2) is 11.2 Å². The quantitative estimate of drug-likeness (QED) is 0.0926. The van der Waals surface area contributed by atoms with Crippen LogP contribution in [0, 0.1) is 10.8 Å². The van der Waals surface area contributed by atoms with Crippen LogP contribution >= 0.6 is 47.8 Å². The Labute approximate surface area is 233 Å². The van der Waals surface area contributed by atoms with Crippen LogP contribution in [0.15, 0.2) is 86.2 Å². The van der Waals surface area contributed by atoms with E-state index in [0.29, 0.717) is 26.9 Å². The summed E-state index contributed by atoms with van der Waals surface area (Å²) in [5.74, 6) is -2.05. The molecule has 1 aliphatic heterocycles. The Morgan fingerprint density at radius 2 is 1.44 bits per heavy atom. The molecule has 36 heavy (non-hydrogen) atoms. The summed E-state index contributed by atoms with van der Waals surface area (Å²) in [6.45, 7) is 3.39. The fourth-order valence-electron chi connectivity index (χ4n) is 5.21. The number of carbonyl (C=O) groups is 3. The summed E-state index contributed by atoms with van der Waals surface area (Å²) in [5, 5.41) is 0. The van der Waals surface area contributed by atoms with Crippen molar-refractivity contribution in [2.75, 3.05) is 0 Å². The lowest BCUT2D eigenvalue weighted by molar-refractivity contribution is -0.157. The van der Waals surface area contributed by atoms with Gasteiger partial charge in [-0.05, 0) is 44.2 Å². The molecule has 1 fully saturated rings. The van der Waals surface area contributed by atoms with E-state index < -0.39 is 28.7 Å². The Bertz CT molecular complexity index is 1440. The number of ketones is 1. The molecule has 182 valence electrons. The molecule has 8 heteroatoms. The van der Waals surface area contributed by atoms with Crippen LogP contribution in [0.5, 0.6) is 5.75 Å². The summed E-state index contributed by atoms with van der Waals surface area (Å²) in [4.78, 5) is 41.5. The summed E-state index contributed by atoms with van der Waals surface area (Å²) in [6.07, 6.45) is 0. The van der Waals surface area contributed by atoms with Crippen molar-refractivity contribution in [1.29, 1.82) is 0 Å². The van der Waals surface area contributed by atoms with Gasteiger partial charge in [0.05, 0.1) is 5.41 Å². The van der Waals surface area contributed by atoms with E-state index in [1.165, 1.54) is 0 Å². The lowest BCUT2D eigenvalue weighted by Gasteiger charge is -2.23. The van der Waals surface area contributed by atoms with Crippen LogP contribution in [0.4, 0.5) is 0 Å². The molecule has 0 spiro atoms. The van der Waals surface area contributed by atoms with Crippen molar-refractivity contribution in [2.24, 2.45) is 10.8 Å². The molecule has 2 aliphatic rings. The minimum absolute atomic E-state index is 0.262. The second-order valence-corrected chi connectivity index (χ2v) is 12.0. The summed E-state index contributed by atoms with van der Waals surface area (Å²) in [7, 11) is 0.